The van der Waals surface area contributed by atoms with Crippen molar-refractivity contribution in [3.8, 4) is 23.0 Å². The second-order valence-corrected chi connectivity index (χ2v) is 4.37. The highest BCUT2D eigenvalue weighted by molar-refractivity contribution is 9.10. The van der Waals surface area contributed by atoms with Gasteiger partial charge in [0.05, 0.1) is 0 Å². The van der Waals surface area contributed by atoms with Crippen LogP contribution in [-0.4, -0.2) is 0 Å². The van der Waals surface area contributed by atoms with Crippen LogP contribution in [0.4, 0.5) is 0 Å². The molecule has 0 N–H and O–H groups in total. The van der Waals surface area contributed by atoms with Crippen LogP contribution in [0.5, 0.6) is 0 Å². The summed E-state index contributed by atoms with van der Waals surface area (Å²) in [7, 11) is 0. The van der Waals surface area contributed by atoms with Crippen LogP contribution in [0, 0.1) is 11.8 Å². The van der Waals surface area contributed by atoms with E-state index in [1.807, 2.05) is 19.1 Å². The van der Waals surface area contributed by atoms with E-state index in [1.54, 1.807) is 0 Å². The first kappa shape index (κ1) is 11.0. The molecule has 2 aromatic rings. The van der Waals surface area contributed by atoms with Gasteiger partial charge in [-0.2, -0.15) is 0 Å². The molecule has 2 rings (SSSR count). The van der Waals surface area contributed by atoms with E-state index in [-0.39, 0.29) is 0 Å². The molecule has 0 radical (unpaired) electrons. The van der Waals surface area contributed by atoms with Gasteiger partial charge in [0.25, 0.3) is 0 Å². The lowest BCUT2D eigenvalue weighted by Crippen LogP contribution is -1.78. The molecule has 0 aliphatic rings. The predicted molar refractivity (Wildman–Crippen MR) is 72.1 cm³/mol. The first-order valence-corrected chi connectivity index (χ1v) is 5.87. The minimum absolute atomic E-state index is 1.06. The van der Waals surface area contributed by atoms with Crippen molar-refractivity contribution < 1.29 is 0 Å². The Morgan fingerprint density at radius 3 is 1.81 bits per heavy atom. The monoisotopic (exact) mass is 270 g/mol. The Labute approximate surface area is 104 Å². The minimum Gasteiger partial charge on any atom is -0.101 e. The van der Waals surface area contributed by atoms with Gasteiger partial charge < -0.3 is 0 Å². The second kappa shape index (κ2) is 5.01. The van der Waals surface area contributed by atoms with Crippen LogP contribution in [0.25, 0.3) is 11.1 Å². The normalized spacial score (nSPS) is 9.38. The number of hydrogen-bond acceptors (Lipinski definition) is 0. The molecule has 0 fully saturated rings. The molecule has 1 heteroatoms. The van der Waals surface area contributed by atoms with Gasteiger partial charge in [0, 0.05) is 10.0 Å². The maximum absolute atomic E-state index is 3.43. The van der Waals surface area contributed by atoms with E-state index in [0.717, 1.165) is 10.0 Å². The Bertz CT molecular complexity index is 524. The van der Waals surface area contributed by atoms with Crippen LogP contribution < -0.4 is 0 Å². The Kier molecular flexibility index (Phi) is 3.44. The summed E-state index contributed by atoms with van der Waals surface area (Å²) in [5, 5.41) is 0. The molecular formula is C15H11Br. The van der Waals surface area contributed by atoms with E-state index in [2.05, 4.69) is 64.2 Å². The van der Waals surface area contributed by atoms with Crippen LogP contribution in [0.3, 0.4) is 0 Å². The van der Waals surface area contributed by atoms with Gasteiger partial charge in [-0.15, -0.1) is 5.92 Å². The fraction of sp³-hybridized carbons (Fsp3) is 0.0667. The SMILES string of the molecule is CC#Cc1ccc(-c2ccc(Br)cc2)cc1. The summed E-state index contributed by atoms with van der Waals surface area (Å²) in [5.41, 5.74) is 3.50. The van der Waals surface area contributed by atoms with E-state index in [0.29, 0.717) is 0 Å². The van der Waals surface area contributed by atoms with Crippen molar-refractivity contribution in [3.63, 3.8) is 0 Å². The van der Waals surface area contributed by atoms with Gasteiger partial charge in [-0.25, -0.2) is 0 Å². The molecule has 0 nitrogen and oxygen atoms in total. The van der Waals surface area contributed by atoms with Gasteiger partial charge in [-0.05, 0) is 42.3 Å². The fourth-order valence-electron chi connectivity index (χ4n) is 1.53. The van der Waals surface area contributed by atoms with Gasteiger partial charge in [0.15, 0.2) is 0 Å². The molecule has 0 saturated carbocycles. The highest BCUT2D eigenvalue weighted by atomic mass is 79.9. The Balaban J connectivity index is 2.33. The van der Waals surface area contributed by atoms with Crippen LogP contribution in [-0.2, 0) is 0 Å². The molecule has 0 aliphatic carbocycles. The predicted octanol–water partition coefficient (Wildman–Crippen LogP) is 4.49. The summed E-state index contributed by atoms with van der Waals surface area (Å²) in [6.45, 7) is 1.85. The molecule has 78 valence electrons. The van der Waals surface area contributed by atoms with Gasteiger partial charge in [0.2, 0.25) is 0 Å². The standard InChI is InChI=1S/C15H11Br/c1-2-3-12-4-6-13(7-5-12)14-8-10-15(16)11-9-14/h4-11H,1H3. The third kappa shape index (κ3) is 2.53. The number of hydrogen-bond donors (Lipinski definition) is 0. The Morgan fingerprint density at radius 2 is 1.31 bits per heavy atom. The summed E-state index contributed by atoms with van der Waals surface area (Å²) in [5.74, 6) is 5.93. The first-order valence-electron chi connectivity index (χ1n) is 5.08. The average Bonchev–Trinajstić information content (AvgIpc) is 2.32. The Hall–Kier alpha value is -1.52. The molecule has 0 bridgehead atoms. The zero-order chi connectivity index (χ0) is 11.4. The first-order chi connectivity index (χ1) is 7.79. The van der Waals surface area contributed by atoms with Gasteiger partial charge in [-0.1, -0.05) is 46.1 Å². The highest BCUT2D eigenvalue weighted by Gasteiger charge is 1.96. The van der Waals surface area contributed by atoms with Crippen molar-refractivity contribution in [2.24, 2.45) is 0 Å². The van der Waals surface area contributed by atoms with Crippen LogP contribution in [0.1, 0.15) is 12.5 Å². The zero-order valence-electron chi connectivity index (χ0n) is 9.00. The lowest BCUT2D eigenvalue weighted by molar-refractivity contribution is 1.58. The molecule has 16 heavy (non-hydrogen) atoms. The van der Waals surface area contributed by atoms with Crippen molar-refractivity contribution >= 4 is 15.9 Å². The van der Waals surface area contributed by atoms with Crippen molar-refractivity contribution in [2.45, 2.75) is 6.92 Å². The summed E-state index contributed by atoms with van der Waals surface area (Å²) in [6, 6.07) is 16.6. The number of rotatable bonds is 1. The molecule has 0 unspecified atom stereocenters. The Morgan fingerprint density at radius 1 is 0.812 bits per heavy atom. The number of benzene rings is 2. The highest BCUT2D eigenvalue weighted by Crippen LogP contribution is 2.21. The smallest absolute Gasteiger partial charge is 0.0245 e. The third-order valence-corrected chi connectivity index (χ3v) is 2.86. The van der Waals surface area contributed by atoms with Crippen molar-refractivity contribution in [1.82, 2.24) is 0 Å². The average molecular weight is 271 g/mol. The van der Waals surface area contributed by atoms with Crippen LogP contribution in [0.15, 0.2) is 53.0 Å². The topological polar surface area (TPSA) is 0 Å². The molecular weight excluding hydrogens is 260 g/mol. The van der Waals surface area contributed by atoms with Crippen molar-refractivity contribution in [2.75, 3.05) is 0 Å². The van der Waals surface area contributed by atoms with E-state index < -0.39 is 0 Å². The van der Waals surface area contributed by atoms with E-state index in [1.165, 1.54) is 11.1 Å². The van der Waals surface area contributed by atoms with Gasteiger partial charge >= 0.3 is 0 Å². The molecule has 0 aliphatic heterocycles. The second-order valence-electron chi connectivity index (χ2n) is 3.46. The molecule has 0 amide bonds. The molecule has 2 aromatic carbocycles. The van der Waals surface area contributed by atoms with Gasteiger partial charge in [-0.3, -0.25) is 0 Å². The molecule has 0 atom stereocenters. The van der Waals surface area contributed by atoms with Crippen molar-refractivity contribution in [1.29, 1.82) is 0 Å². The largest absolute Gasteiger partial charge is 0.101 e. The van der Waals surface area contributed by atoms with E-state index in [9.17, 15) is 0 Å². The molecule has 0 saturated heterocycles. The third-order valence-electron chi connectivity index (χ3n) is 2.33. The number of halogens is 1. The van der Waals surface area contributed by atoms with Crippen LogP contribution >= 0.6 is 15.9 Å². The lowest BCUT2D eigenvalue weighted by atomic mass is 10.0. The quantitative estimate of drug-likeness (QED) is 0.670. The minimum atomic E-state index is 1.06. The molecule has 0 heterocycles. The maximum Gasteiger partial charge on any atom is 0.0245 e. The summed E-state index contributed by atoms with van der Waals surface area (Å²) >= 11 is 3.43. The van der Waals surface area contributed by atoms with Gasteiger partial charge in [0.1, 0.15) is 0 Å². The van der Waals surface area contributed by atoms with Crippen molar-refractivity contribution in [3.05, 3.63) is 58.6 Å². The maximum atomic E-state index is 3.43. The lowest BCUT2D eigenvalue weighted by Gasteiger charge is -2.01. The van der Waals surface area contributed by atoms with Crippen LogP contribution in [0.2, 0.25) is 0 Å². The summed E-state index contributed by atoms with van der Waals surface area (Å²) in [4.78, 5) is 0. The fourth-order valence-corrected chi connectivity index (χ4v) is 1.80. The molecule has 0 spiro atoms. The summed E-state index contributed by atoms with van der Waals surface area (Å²) in [6.07, 6.45) is 0. The van der Waals surface area contributed by atoms with E-state index >= 15 is 0 Å². The summed E-state index contributed by atoms with van der Waals surface area (Å²) < 4.78 is 1.10. The van der Waals surface area contributed by atoms with E-state index in [4.69, 9.17) is 0 Å². The molecule has 0 aromatic heterocycles. The zero-order valence-corrected chi connectivity index (χ0v) is 10.6.